The van der Waals surface area contributed by atoms with Gasteiger partial charge in [-0.15, -0.1) is 0 Å². The smallest absolute Gasteiger partial charge is 0.242 e. The third-order valence-corrected chi connectivity index (χ3v) is 2.27. The summed E-state index contributed by atoms with van der Waals surface area (Å²) in [5, 5.41) is 0. The number of nitrogens with zero attached hydrogens (tertiary/aromatic N) is 1. The number of nitrogens with two attached hydrogens (primary N) is 1. The Morgan fingerprint density at radius 2 is 2.31 bits per heavy atom. The first kappa shape index (κ1) is 10.5. The fourth-order valence-corrected chi connectivity index (χ4v) is 1.44. The highest BCUT2D eigenvalue weighted by Gasteiger charge is 2.33. The first-order valence-electron chi connectivity index (χ1n) is 4.75. The number of hydrogen-bond acceptors (Lipinski definition) is 3. The van der Waals surface area contributed by atoms with E-state index in [-0.39, 0.29) is 5.91 Å². The van der Waals surface area contributed by atoms with E-state index < -0.39 is 6.04 Å². The van der Waals surface area contributed by atoms with Gasteiger partial charge < -0.3 is 15.4 Å². The van der Waals surface area contributed by atoms with Crippen molar-refractivity contribution in [2.75, 3.05) is 20.3 Å². The number of hydrogen-bond donors (Lipinski definition) is 1. The summed E-state index contributed by atoms with van der Waals surface area (Å²) in [5.74, 6) is 0.0202. The van der Waals surface area contributed by atoms with Crippen LogP contribution in [0.25, 0.3) is 0 Å². The van der Waals surface area contributed by atoms with Crippen molar-refractivity contribution in [1.29, 1.82) is 0 Å². The zero-order valence-electron chi connectivity index (χ0n) is 8.32. The fourth-order valence-electron chi connectivity index (χ4n) is 1.44. The Morgan fingerprint density at radius 3 is 2.69 bits per heavy atom. The Hall–Kier alpha value is -0.610. The number of amides is 1. The molecule has 76 valence electrons. The highest BCUT2D eigenvalue weighted by molar-refractivity contribution is 5.82. The second-order valence-electron chi connectivity index (χ2n) is 3.42. The van der Waals surface area contributed by atoms with Crippen molar-refractivity contribution >= 4 is 5.91 Å². The predicted octanol–water partition coefficient (Wildman–Crippen LogP) is -0.0290. The van der Waals surface area contributed by atoms with Crippen molar-refractivity contribution in [2.45, 2.75) is 31.8 Å². The summed E-state index contributed by atoms with van der Waals surface area (Å²) in [6.07, 6.45) is 2.25. The van der Waals surface area contributed by atoms with Gasteiger partial charge in [0.15, 0.2) is 0 Å². The molecule has 1 saturated carbocycles. The second kappa shape index (κ2) is 4.58. The van der Waals surface area contributed by atoms with Gasteiger partial charge in [-0.1, -0.05) is 0 Å². The predicted molar refractivity (Wildman–Crippen MR) is 50.3 cm³/mol. The molecule has 2 N–H and O–H groups in total. The molecule has 0 saturated heterocycles. The summed E-state index contributed by atoms with van der Waals surface area (Å²) in [7, 11) is 1.56. The highest BCUT2D eigenvalue weighted by Crippen LogP contribution is 2.26. The number of carbonyl (C=O) groups is 1. The molecule has 1 amide bonds. The molecule has 0 heterocycles. The molecule has 0 aromatic heterocycles. The van der Waals surface area contributed by atoms with Crippen LogP contribution < -0.4 is 5.73 Å². The number of carbonyl (C=O) groups excluding carboxylic acids is 1. The maximum Gasteiger partial charge on any atom is 0.242 e. The molecule has 4 heteroatoms. The number of likely N-dealkylation sites (N-methyl/N-ethyl adjacent to an activating group) is 1. The third-order valence-electron chi connectivity index (χ3n) is 2.27. The van der Waals surface area contributed by atoms with E-state index in [1.54, 1.807) is 7.11 Å². The molecule has 1 aliphatic carbocycles. The highest BCUT2D eigenvalue weighted by atomic mass is 16.5. The van der Waals surface area contributed by atoms with Gasteiger partial charge in [0, 0.05) is 19.7 Å². The van der Waals surface area contributed by atoms with Crippen LogP contribution in [0.2, 0.25) is 0 Å². The van der Waals surface area contributed by atoms with Crippen LogP contribution in [-0.4, -0.2) is 43.2 Å². The first-order chi connectivity index (χ1) is 6.20. The largest absolute Gasteiger partial charge is 0.383 e. The van der Waals surface area contributed by atoms with E-state index in [2.05, 4.69) is 0 Å². The van der Waals surface area contributed by atoms with Crippen LogP contribution in [0.4, 0.5) is 0 Å². The Bertz CT molecular complexity index is 180. The van der Waals surface area contributed by atoms with E-state index in [0.717, 1.165) is 19.4 Å². The Kier molecular flexibility index (Phi) is 3.69. The maximum atomic E-state index is 11.7. The molecule has 1 atom stereocenters. The van der Waals surface area contributed by atoms with E-state index in [4.69, 9.17) is 10.5 Å². The van der Waals surface area contributed by atoms with Crippen molar-refractivity contribution in [3.63, 3.8) is 0 Å². The van der Waals surface area contributed by atoms with Gasteiger partial charge in [-0.05, 0) is 19.8 Å². The van der Waals surface area contributed by atoms with E-state index in [9.17, 15) is 4.79 Å². The van der Waals surface area contributed by atoms with Crippen LogP contribution in [0.3, 0.4) is 0 Å². The van der Waals surface area contributed by atoms with Crippen LogP contribution in [0, 0.1) is 0 Å². The molecule has 4 nitrogen and oxygen atoms in total. The van der Waals surface area contributed by atoms with Crippen LogP contribution in [0.1, 0.15) is 19.8 Å². The molecule has 0 aliphatic heterocycles. The zero-order chi connectivity index (χ0) is 9.84. The van der Waals surface area contributed by atoms with Crippen molar-refractivity contribution in [3.05, 3.63) is 0 Å². The summed E-state index contributed by atoms with van der Waals surface area (Å²) in [4.78, 5) is 13.5. The van der Waals surface area contributed by atoms with Gasteiger partial charge in [-0.3, -0.25) is 4.79 Å². The van der Waals surface area contributed by atoms with Gasteiger partial charge >= 0.3 is 0 Å². The van der Waals surface area contributed by atoms with Gasteiger partial charge in [-0.2, -0.15) is 0 Å². The molecule has 1 unspecified atom stereocenters. The average molecular weight is 186 g/mol. The molecular weight excluding hydrogens is 168 g/mol. The van der Waals surface area contributed by atoms with Gasteiger partial charge in [0.25, 0.3) is 0 Å². The standard InChI is InChI=1S/C9H18N2O2/c1-3-11(7-4-5-7)9(12)8(10)6-13-2/h7-8H,3-6,10H2,1-2H3. The Morgan fingerprint density at radius 1 is 1.69 bits per heavy atom. The van der Waals surface area contributed by atoms with Crippen LogP contribution >= 0.6 is 0 Å². The first-order valence-corrected chi connectivity index (χ1v) is 4.75. The van der Waals surface area contributed by atoms with Crippen molar-refractivity contribution < 1.29 is 9.53 Å². The minimum Gasteiger partial charge on any atom is -0.383 e. The third kappa shape index (κ3) is 2.67. The second-order valence-corrected chi connectivity index (χ2v) is 3.42. The molecule has 13 heavy (non-hydrogen) atoms. The minimum atomic E-state index is -0.495. The normalized spacial score (nSPS) is 18.4. The molecule has 0 aromatic carbocycles. The maximum absolute atomic E-state index is 11.7. The van der Waals surface area contributed by atoms with Crippen LogP contribution in [0.15, 0.2) is 0 Å². The SMILES string of the molecule is CCN(C(=O)C(N)COC)C1CC1. The Labute approximate surface area is 79.0 Å². The number of rotatable bonds is 5. The molecule has 0 aromatic rings. The molecule has 0 bridgehead atoms. The lowest BCUT2D eigenvalue weighted by Gasteiger charge is -2.23. The number of methoxy groups -OCH3 is 1. The van der Waals surface area contributed by atoms with Crippen LogP contribution in [-0.2, 0) is 9.53 Å². The topological polar surface area (TPSA) is 55.6 Å². The quantitative estimate of drug-likeness (QED) is 0.656. The van der Waals surface area contributed by atoms with E-state index in [1.807, 2.05) is 11.8 Å². The van der Waals surface area contributed by atoms with Gasteiger partial charge in [-0.25, -0.2) is 0 Å². The summed E-state index contributed by atoms with van der Waals surface area (Å²) in [6, 6.07) is -0.0500. The molecular formula is C9H18N2O2. The lowest BCUT2D eigenvalue weighted by atomic mass is 10.2. The van der Waals surface area contributed by atoms with E-state index in [1.165, 1.54) is 0 Å². The average Bonchev–Trinajstić information content (AvgIpc) is 2.90. The van der Waals surface area contributed by atoms with Gasteiger partial charge in [0.2, 0.25) is 5.91 Å². The van der Waals surface area contributed by atoms with E-state index >= 15 is 0 Å². The minimum absolute atomic E-state index is 0.0202. The van der Waals surface area contributed by atoms with Crippen molar-refractivity contribution in [2.24, 2.45) is 5.73 Å². The zero-order valence-corrected chi connectivity index (χ0v) is 8.32. The Balaban J connectivity index is 2.42. The summed E-state index contributed by atoms with van der Waals surface area (Å²) in [5.41, 5.74) is 5.65. The molecule has 0 radical (unpaired) electrons. The van der Waals surface area contributed by atoms with Crippen molar-refractivity contribution in [3.8, 4) is 0 Å². The monoisotopic (exact) mass is 186 g/mol. The molecule has 1 rings (SSSR count). The summed E-state index contributed by atoms with van der Waals surface area (Å²) < 4.78 is 4.85. The van der Waals surface area contributed by atoms with E-state index in [0.29, 0.717) is 12.6 Å². The molecule has 1 aliphatic rings. The lowest BCUT2D eigenvalue weighted by molar-refractivity contribution is -0.134. The molecule has 1 fully saturated rings. The van der Waals surface area contributed by atoms with Crippen LogP contribution in [0.5, 0.6) is 0 Å². The van der Waals surface area contributed by atoms with Crippen molar-refractivity contribution in [1.82, 2.24) is 4.90 Å². The lowest BCUT2D eigenvalue weighted by Crippen LogP contribution is -2.47. The summed E-state index contributed by atoms with van der Waals surface area (Å²) >= 11 is 0. The van der Waals surface area contributed by atoms with Gasteiger partial charge in [0.05, 0.1) is 6.61 Å². The summed E-state index contributed by atoms with van der Waals surface area (Å²) in [6.45, 7) is 3.04. The van der Waals surface area contributed by atoms with Gasteiger partial charge in [0.1, 0.15) is 6.04 Å². The molecule has 0 spiro atoms. The number of ether oxygens (including phenoxy) is 1. The fraction of sp³-hybridized carbons (Fsp3) is 0.889.